The summed E-state index contributed by atoms with van der Waals surface area (Å²) in [7, 11) is 3.27. The second-order valence-corrected chi connectivity index (χ2v) is 8.01. The van der Waals surface area contributed by atoms with E-state index >= 15 is 0 Å². The molecule has 0 aromatic rings. The Morgan fingerprint density at radius 2 is 1.38 bits per heavy atom. The van der Waals surface area contributed by atoms with Gasteiger partial charge < -0.3 is 4.74 Å². The summed E-state index contributed by atoms with van der Waals surface area (Å²) in [6, 6.07) is -0.205. The highest BCUT2D eigenvalue weighted by Gasteiger charge is 2.39. The summed E-state index contributed by atoms with van der Waals surface area (Å²) in [4.78, 5) is 26.7. The Morgan fingerprint density at radius 1 is 0.885 bits per heavy atom. The van der Waals surface area contributed by atoms with Gasteiger partial charge in [0, 0.05) is 6.42 Å². The van der Waals surface area contributed by atoms with E-state index in [0.717, 1.165) is 25.7 Å². The van der Waals surface area contributed by atoms with Crippen molar-refractivity contribution in [2.24, 2.45) is 0 Å². The zero-order valence-corrected chi connectivity index (χ0v) is 18.2. The predicted octanol–water partition coefficient (Wildman–Crippen LogP) is 5.53. The third-order valence-electron chi connectivity index (χ3n) is 5.49. The van der Waals surface area contributed by atoms with E-state index < -0.39 is 5.54 Å². The van der Waals surface area contributed by atoms with E-state index in [-0.39, 0.29) is 17.8 Å². The predicted molar refractivity (Wildman–Crippen MR) is 109 cm³/mol. The molecule has 4 nitrogen and oxygen atoms in total. The highest BCUT2D eigenvalue weighted by atomic mass is 16.5. The molecular weight excluding hydrogens is 326 g/mol. The number of hydrogen-bond acceptors (Lipinski definition) is 4. The van der Waals surface area contributed by atoms with Crippen LogP contribution < -0.4 is 0 Å². The molecule has 154 valence electrons. The lowest BCUT2D eigenvalue weighted by Gasteiger charge is -2.38. The van der Waals surface area contributed by atoms with Crippen molar-refractivity contribution in [1.29, 1.82) is 0 Å². The number of esters is 1. The van der Waals surface area contributed by atoms with Gasteiger partial charge in [0.05, 0.1) is 13.2 Å². The zero-order valence-electron chi connectivity index (χ0n) is 18.2. The normalized spacial score (nSPS) is 13.0. The average Bonchev–Trinajstić information content (AvgIpc) is 2.63. The minimum Gasteiger partial charge on any atom is -0.468 e. The van der Waals surface area contributed by atoms with Gasteiger partial charge in [0.15, 0.2) is 0 Å². The van der Waals surface area contributed by atoms with Crippen molar-refractivity contribution in [2.45, 2.75) is 116 Å². The van der Waals surface area contributed by atoms with Crippen LogP contribution in [0.5, 0.6) is 0 Å². The first-order valence-electron chi connectivity index (χ1n) is 10.7. The van der Waals surface area contributed by atoms with E-state index in [1.807, 2.05) is 25.8 Å². The first kappa shape index (κ1) is 25.1. The van der Waals surface area contributed by atoms with Gasteiger partial charge in [0.25, 0.3) is 0 Å². The van der Waals surface area contributed by atoms with Gasteiger partial charge in [0.2, 0.25) is 0 Å². The lowest BCUT2D eigenvalue weighted by atomic mass is 9.94. The van der Waals surface area contributed by atoms with Crippen LogP contribution in [0.25, 0.3) is 0 Å². The average molecular weight is 370 g/mol. The van der Waals surface area contributed by atoms with Gasteiger partial charge >= 0.3 is 5.97 Å². The van der Waals surface area contributed by atoms with Gasteiger partial charge in [-0.15, -0.1) is 0 Å². The van der Waals surface area contributed by atoms with Gasteiger partial charge in [-0.25, -0.2) is 0 Å². The molecule has 0 N–H and O–H groups in total. The second kappa shape index (κ2) is 14.2. The number of nitrogens with zero attached hydrogens (tertiary/aromatic N) is 1. The molecule has 0 amide bonds. The van der Waals surface area contributed by atoms with E-state index in [9.17, 15) is 9.59 Å². The molecular formula is C22H43NO3. The number of carbonyl (C=O) groups is 2. The quantitative estimate of drug-likeness (QED) is 0.265. The maximum absolute atomic E-state index is 12.7. The molecule has 0 radical (unpaired) electrons. The first-order valence-corrected chi connectivity index (χ1v) is 10.7. The molecule has 0 aliphatic heterocycles. The molecule has 0 aliphatic carbocycles. The van der Waals surface area contributed by atoms with E-state index in [2.05, 4.69) is 13.8 Å². The number of Topliss-reactive ketones (excluding diaryl/α,β-unsaturated/α-hetero) is 1. The van der Waals surface area contributed by atoms with Crippen LogP contribution in [0.15, 0.2) is 0 Å². The highest BCUT2D eigenvalue weighted by molar-refractivity contribution is 5.86. The molecule has 0 bridgehead atoms. The monoisotopic (exact) mass is 369 g/mol. The number of ketones is 1. The fraction of sp³-hybridized carbons (Fsp3) is 0.909. The molecule has 0 rings (SSSR count). The molecule has 0 fully saturated rings. The zero-order chi connectivity index (χ0) is 20.0. The largest absolute Gasteiger partial charge is 0.468 e. The number of methoxy groups -OCH3 is 1. The van der Waals surface area contributed by atoms with Crippen molar-refractivity contribution in [3.05, 3.63) is 0 Å². The first-order chi connectivity index (χ1) is 12.3. The van der Waals surface area contributed by atoms with Crippen molar-refractivity contribution in [3.63, 3.8) is 0 Å². The Labute approximate surface area is 162 Å². The van der Waals surface area contributed by atoms with Crippen LogP contribution in [0.2, 0.25) is 0 Å². The number of ether oxygens (including phenoxy) is 1. The number of rotatable bonds is 16. The SMILES string of the molecule is CCCCCCCCCCCC(=O)C(CCC)N(C)C(C)(C)C(=O)OC. The third-order valence-corrected chi connectivity index (χ3v) is 5.49. The summed E-state index contributed by atoms with van der Waals surface area (Å²) in [5.41, 5.74) is -0.789. The fourth-order valence-electron chi connectivity index (χ4n) is 3.40. The smallest absolute Gasteiger partial charge is 0.325 e. The molecule has 0 saturated heterocycles. The van der Waals surface area contributed by atoms with Gasteiger partial charge in [-0.2, -0.15) is 0 Å². The summed E-state index contributed by atoms with van der Waals surface area (Å²) >= 11 is 0. The van der Waals surface area contributed by atoms with Crippen LogP contribution in [-0.2, 0) is 14.3 Å². The van der Waals surface area contributed by atoms with Gasteiger partial charge in [0.1, 0.15) is 11.3 Å². The van der Waals surface area contributed by atoms with E-state index in [0.29, 0.717) is 6.42 Å². The molecule has 0 heterocycles. The van der Waals surface area contributed by atoms with Gasteiger partial charge in [-0.05, 0) is 33.7 Å². The Hall–Kier alpha value is -0.900. The standard InChI is InChI=1S/C22H43NO3/c1-7-9-10-11-12-13-14-15-16-18-20(24)19(17-8-2)23(5)22(3,4)21(25)26-6/h19H,7-18H2,1-6H3. The summed E-state index contributed by atoms with van der Waals surface area (Å²) in [6.07, 6.45) is 13.6. The Morgan fingerprint density at radius 3 is 1.85 bits per heavy atom. The van der Waals surface area contributed by atoms with Crippen molar-refractivity contribution in [2.75, 3.05) is 14.2 Å². The molecule has 1 atom stereocenters. The molecule has 4 heteroatoms. The van der Waals surface area contributed by atoms with Crippen LogP contribution in [-0.4, -0.2) is 42.4 Å². The van der Waals surface area contributed by atoms with E-state index in [4.69, 9.17) is 4.74 Å². The van der Waals surface area contributed by atoms with Crippen molar-refractivity contribution in [1.82, 2.24) is 4.90 Å². The number of carbonyl (C=O) groups excluding carboxylic acids is 2. The lowest BCUT2D eigenvalue weighted by molar-refractivity contribution is -0.154. The van der Waals surface area contributed by atoms with Crippen LogP contribution in [0.1, 0.15) is 105 Å². The molecule has 1 unspecified atom stereocenters. The minimum atomic E-state index is -0.789. The van der Waals surface area contributed by atoms with E-state index in [1.165, 1.54) is 52.1 Å². The molecule has 0 aromatic carbocycles. The Bertz CT molecular complexity index is 393. The maximum Gasteiger partial charge on any atom is 0.325 e. The molecule has 0 aromatic heterocycles. The van der Waals surface area contributed by atoms with Crippen molar-refractivity contribution >= 4 is 11.8 Å². The summed E-state index contributed by atoms with van der Waals surface area (Å²) < 4.78 is 4.91. The fourth-order valence-corrected chi connectivity index (χ4v) is 3.40. The van der Waals surface area contributed by atoms with Gasteiger partial charge in [-0.1, -0.05) is 71.6 Å². The Kier molecular flexibility index (Phi) is 13.7. The second-order valence-electron chi connectivity index (χ2n) is 8.01. The summed E-state index contributed by atoms with van der Waals surface area (Å²) in [6.45, 7) is 7.98. The minimum absolute atomic E-state index is 0.205. The molecule has 0 saturated carbocycles. The number of hydrogen-bond donors (Lipinski definition) is 0. The molecule has 0 spiro atoms. The lowest BCUT2D eigenvalue weighted by Crippen LogP contribution is -2.55. The summed E-state index contributed by atoms with van der Waals surface area (Å²) in [5, 5.41) is 0. The summed E-state index contributed by atoms with van der Waals surface area (Å²) in [5.74, 6) is -0.0359. The van der Waals surface area contributed by atoms with Gasteiger partial charge in [-0.3, -0.25) is 14.5 Å². The van der Waals surface area contributed by atoms with Crippen LogP contribution >= 0.6 is 0 Å². The topological polar surface area (TPSA) is 46.6 Å². The maximum atomic E-state index is 12.7. The third kappa shape index (κ3) is 9.16. The number of likely N-dealkylation sites (N-methyl/N-ethyl adjacent to an activating group) is 1. The molecule has 0 aliphatic rings. The highest BCUT2D eigenvalue weighted by Crippen LogP contribution is 2.22. The van der Waals surface area contributed by atoms with Crippen molar-refractivity contribution in [3.8, 4) is 0 Å². The van der Waals surface area contributed by atoms with Crippen LogP contribution in [0, 0.1) is 0 Å². The molecule has 26 heavy (non-hydrogen) atoms. The van der Waals surface area contributed by atoms with Crippen LogP contribution in [0.4, 0.5) is 0 Å². The number of unbranched alkanes of at least 4 members (excludes halogenated alkanes) is 8. The van der Waals surface area contributed by atoms with E-state index in [1.54, 1.807) is 0 Å². The van der Waals surface area contributed by atoms with Crippen LogP contribution in [0.3, 0.4) is 0 Å². The Balaban J connectivity index is 4.29. The van der Waals surface area contributed by atoms with Crippen molar-refractivity contribution < 1.29 is 14.3 Å².